The summed E-state index contributed by atoms with van der Waals surface area (Å²) >= 11 is 0. The molecule has 0 saturated heterocycles. The van der Waals surface area contributed by atoms with E-state index < -0.39 is 5.97 Å². The fraction of sp³-hybridized carbons (Fsp3) is 0.0833. The molecule has 0 aliphatic rings. The molecule has 0 amide bonds. The van der Waals surface area contributed by atoms with Crippen LogP contribution in [0.3, 0.4) is 0 Å². The monoisotopic (exact) mass is 230 g/mol. The molecule has 1 N–H and O–H groups in total. The van der Waals surface area contributed by atoms with E-state index in [9.17, 15) is 4.79 Å². The third-order valence-electron chi connectivity index (χ3n) is 2.27. The van der Waals surface area contributed by atoms with Crippen LogP contribution in [0.2, 0.25) is 0 Å². The highest BCUT2D eigenvalue weighted by atomic mass is 16.5. The van der Waals surface area contributed by atoms with Crippen LogP contribution in [0.4, 0.5) is 0 Å². The lowest BCUT2D eigenvalue weighted by molar-refractivity contribution is 0.0696. The molecule has 0 bridgehead atoms. The Kier molecular flexibility index (Phi) is 3.00. The molecule has 86 valence electrons. The molecule has 0 unspecified atom stereocenters. The summed E-state index contributed by atoms with van der Waals surface area (Å²) in [5, 5.41) is 8.88. The number of aromatic carboxylic acids is 1. The summed E-state index contributed by atoms with van der Waals surface area (Å²) in [6.07, 6.45) is 6.10. The highest BCUT2D eigenvalue weighted by Crippen LogP contribution is 2.22. The summed E-state index contributed by atoms with van der Waals surface area (Å²) in [6, 6.07) is 3.32. The standard InChI is InChI=1S/C12H10N2O3/c1-17-11-3-9(5-14-7-11)8-2-10(12(15)16)6-13-4-8/h2-7H,1H3,(H,15,16). The number of carbonyl (C=O) groups is 1. The van der Waals surface area contributed by atoms with Gasteiger partial charge in [-0.3, -0.25) is 9.97 Å². The first-order valence-corrected chi connectivity index (χ1v) is 4.88. The van der Waals surface area contributed by atoms with Gasteiger partial charge in [0.1, 0.15) is 5.75 Å². The third-order valence-corrected chi connectivity index (χ3v) is 2.27. The number of carboxylic acid groups (broad SMARTS) is 1. The van der Waals surface area contributed by atoms with Crippen molar-refractivity contribution in [2.75, 3.05) is 7.11 Å². The summed E-state index contributed by atoms with van der Waals surface area (Å²) in [7, 11) is 1.55. The highest BCUT2D eigenvalue weighted by molar-refractivity contribution is 5.88. The number of ether oxygens (including phenoxy) is 1. The fourth-order valence-electron chi connectivity index (χ4n) is 1.40. The smallest absolute Gasteiger partial charge is 0.337 e. The highest BCUT2D eigenvalue weighted by Gasteiger charge is 2.06. The van der Waals surface area contributed by atoms with E-state index in [1.807, 2.05) is 0 Å². The van der Waals surface area contributed by atoms with Crippen molar-refractivity contribution in [1.82, 2.24) is 9.97 Å². The first kappa shape index (κ1) is 11.1. The fourth-order valence-corrected chi connectivity index (χ4v) is 1.40. The van der Waals surface area contributed by atoms with Gasteiger partial charge < -0.3 is 9.84 Å². The third kappa shape index (κ3) is 2.39. The topological polar surface area (TPSA) is 72.3 Å². The molecular formula is C12H10N2O3. The normalized spacial score (nSPS) is 9.94. The molecule has 0 aliphatic heterocycles. The molecule has 5 heteroatoms. The van der Waals surface area contributed by atoms with Crippen molar-refractivity contribution in [3.8, 4) is 16.9 Å². The van der Waals surface area contributed by atoms with Crippen LogP contribution in [0.15, 0.2) is 36.9 Å². The summed E-state index contributed by atoms with van der Waals surface area (Å²) in [4.78, 5) is 18.7. The average Bonchev–Trinajstić information content (AvgIpc) is 2.39. The summed E-state index contributed by atoms with van der Waals surface area (Å²) < 4.78 is 5.05. The van der Waals surface area contributed by atoms with Gasteiger partial charge in [0, 0.05) is 29.7 Å². The SMILES string of the molecule is COc1cncc(-c2cncc(C(=O)O)c2)c1. The molecule has 2 rings (SSSR count). The van der Waals surface area contributed by atoms with Crippen molar-refractivity contribution < 1.29 is 14.6 Å². The van der Waals surface area contributed by atoms with Crippen molar-refractivity contribution in [1.29, 1.82) is 0 Å². The average molecular weight is 230 g/mol. The van der Waals surface area contributed by atoms with Gasteiger partial charge in [0.05, 0.1) is 18.9 Å². The molecule has 0 saturated carbocycles. The summed E-state index contributed by atoms with van der Waals surface area (Å²) in [5.74, 6) is -0.390. The molecule has 0 aromatic carbocycles. The minimum Gasteiger partial charge on any atom is -0.495 e. The van der Waals surface area contributed by atoms with Crippen LogP contribution < -0.4 is 4.74 Å². The maximum Gasteiger partial charge on any atom is 0.337 e. The number of pyridine rings is 2. The quantitative estimate of drug-likeness (QED) is 0.871. The van der Waals surface area contributed by atoms with E-state index in [-0.39, 0.29) is 5.56 Å². The summed E-state index contributed by atoms with van der Waals surface area (Å²) in [6.45, 7) is 0. The molecule has 2 heterocycles. The van der Waals surface area contributed by atoms with Crippen LogP contribution >= 0.6 is 0 Å². The van der Waals surface area contributed by atoms with Crippen LogP contribution in [-0.2, 0) is 0 Å². The van der Waals surface area contributed by atoms with Crippen molar-refractivity contribution in [2.45, 2.75) is 0 Å². The summed E-state index contributed by atoms with van der Waals surface area (Å²) in [5.41, 5.74) is 1.60. The van der Waals surface area contributed by atoms with Crippen LogP contribution in [-0.4, -0.2) is 28.2 Å². The van der Waals surface area contributed by atoms with Gasteiger partial charge in [0.2, 0.25) is 0 Å². The number of methoxy groups -OCH3 is 1. The number of rotatable bonds is 3. The lowest BCUT2D eigenvalue weighted by atomic mass is 10.1. The van der Waals surface area contributed by atoms with Gasteiger partial charge >= 0.3 is 5.97 Å². The van der Waals surface area contributed by atoms with Gasteiger partial charge in [-0.2, -0.15) is 0 Å². The Hall–Kier alpha value is -2.43. The Bertz CT molecular complexity index is 555. The molecule has 5 nitrogen and oxygen atoms in total. The Labute approximate surface area is 97.7 Å². The van der Waals surface area contributed by atoms with E-state index in [4.69, 9.17) is 9.84 Å². The Balaban J connectivity index is 2.45. The number of aromatic nitrogens is 2. The number of nitrogens with zero attached hydrogens (tertiary/aromatic N) is 2. The lowest BCUT2D eigenvalue weighted by Crippen LogP contribution is -1.97. The van der Waals surface area contributed by atoms with E-state index >= 15 is 0 Å². The molecule has 0 spiro atoms. The minimum absolute atomic E-state index is 0.144. The minimum atomic E-state index is -1.00. The predicted octanol–water partition coefficient (Wildman–Crippen LogP) is 1.85. The van der Waals surface area contributed by atoms with E-state index in [2.05, 4.69) is 9.97 Å². The zero-order valence-corrected chi connectivity index (χ0v) is 9.12. The second kappa shape index (κ2) is 4.61. The second-order valence-corrected chi connectivity index (χ2v) is 3.38. The predicted molar refractivity (Wildman–Crippen MR) is 61.0 cm³/mol. The Morgan fingerprint density at radius 1 is 1.12 bits per heavy atom. The van der Waals surface area contributed by atoms with Crippen LogP contribution in [0.5, 0.6) is 5.75 Å². The second-order valence-electron chi connectivity index (χ2n) is 3.38. The molecule has 0 atom stereocenters. The maximum atomic E-state index is 10.8. The van der Waals surface area contributed by atoms with Crippen LogP contribution in [0, 0.1) is 0 Å². The van der Waals surface area contributed by atoms with Crippen molar-refractivity contribution >= 4 is 5.97 Å². The van der Waals surface area contributed by atoms with Gasteiger partial charge in [-0.1, -0.05) is 0 Å². The van der Waals surface area contributed by atoms with Crippen LogP contribution in [0.1, 0.15) is 10.4 Å². The first-order chi connectivity index (χ1) is 8.20. The van der Waals surface area contributed by atoms with E-state index in [0.29, 0.717) is 11.3 Å². The maximum absolute atomic E-state index is 10.8. The Morgan fingerprint density at radius 3 is 2.41 bits per heavy atom. The van der Waals surface area contributed by atoms with E-state index in [1.165, 1.54) is 6.20 Å². The zero-order valence-electron chi connectivity index (χ0n) is 9.12. The van der Waals surface area contributed by atoms with Gasteiger partial charge in [-0.05, 0) is 12.1 Å². The van der Waals surface area contributed by atoms with Gasteiger partial charge in [-0.15, -0.1) is 0 Å². The van der Waals surface area contributed by atoms with Crippen molar-refractivity contribution in [3.05, 3.63) is 42.5 Å². The van der Waals surface area contributed by atoms with E-state index in [1.54, 1.807) is 37.8 Å². The van der Waals surface area contributed by atoms with Gasteiger partial charge in [-0.25, -0.2) is 4.79 Å². The largest absolute Gasteiger partial charge is 0.495 e. The number of hydrogen-bond acceptors (Lipinski definition) is 4. The van der Waals surface area contributed by atoms with Crippen molar-refractivity contribution in [3.63, 3.8) is 0 Å². The lowest BCUT2D eigenvalue weighted by Gasteiger charge is -2.04. The molecule has 17 heavy (non-hydrogen) atoms. The molecule has 0 radical (unpaired) electrons. The molecule has 2 aromatic heterocycles. The van der Waals surface area contributed by atoms with Gasteiger partial charge in [0.15, 0.2) is 0 Å². The van der Waals surface area contributed by atoms with Crippen LogP contribution in [0.25, 0.3) is 11.1 Å². The van der Waals surface area contributed by atoms with Gasteiger partial charge in [0.25, 0.3) is 0 Å². The number of carboxylic acids is 1. The molecule has 2 aromatic rings. The van der Waals surface area contributed by atoms with E-state index in [0.717, 1.165) is 5.56 Å². The first-order valence-electron chi connectivity index (χ1n) is 4.88. The number of hydrogen-bond donors (Lipinski definition) is 1. The molecular weight excluding hydrogens is 220 g/mol. The Morgan fingerprint density at radius 2 is 1.76 bits per heavy atom. The zero-order chi connectivity index (χ0) is 12.3. The molecule has 0 aliphatic carbocycles. The van der Waals surface area contributed by atoms with Crippen molar-refractivity contribution in [2.24, 2.45) is 0 Å². The molecule has 0 fully saturated rings.